The Hall–Kier alpha value is -2.63. The molecule has 0 aliphatic carbocycles. The van der Waals surface area contributed by atoms with Crippen LogP contribution in [0.1, 0.15) is 18.1 Å². The van der Waals surface area contributed by atoms with E-state index in [0.717, 1.165) is 57.3 Å². The zero-order valence-electron chi connectivity index (χ0n) is 16.2. The molecule has 3 rings (SSSR count). The molecule has 1 aromatic heterocycles. The quantitative estimate of drug-likeness (QED) is 0.650. The van der Waals surface area contributed by atoms with Crippen LogP contribution < -0.4 is 10.2 Å². The van der Waals surface area contributed by atoms with Crippen molar-refractivity contribution >= 4 is 11.6 Å². The first-order chi connectivity index (χ1) is 13.2. The molecule has 0 unspecified atom stereocenters. The highest BCUT2D eigenvalue weighted by molar-refractivity contribution is 5.80. The first kappa shape index (κ1) is 19.1. The summed E-state index contributed by atoms with van der Waals surface area (Å²) in [4.78, 5) is 13.6. The minimum absolute atomic E-state index is 0.191. The number of guanidine groups is 1. The van der Waals surface area contributed by atoms with Gasteiger partial charge in [-0.25, -0.2) is 4.39 Å². The average Bonchev–Trinajstić information content (AvgIpc) is 2.69. The maximum absolute atomic E-state index is 13.1. The lowest BCUT2D eigenvalue weighted by atomic mass is 10.1. The molecule has 0 amide bonds. The number of hydrogen-bond acceptors (Lipinski definition) is 3. The Morgan fingerprint density at radius 2 is 1.89 bits per heavy atom. The number of piperazine rings is 1. The Morgan fingerprint density at radius 3 is 2.56 bits per heavy atom. The third-order valence-electron chi connectivity index (χ3n) is 4.89. The van der Waals surface area contributed by atoms with Crippen molar-refractivity contribution in [3.05, 3.63) is 59.7 Å². The highest BCUT2D eigenvalue weighted by atomic mass is 19.1. The standard InChI is InChI=1S/C21H28FN5/c1-3-24-21(25-11-9-18-8-10-23-16-17(18)2)27-14-12-26(13-15-27)20-6-4-19(22)5-7-20/h4-8,10,16H,3,9,11-15H2,1-2H3,(H,24,25). The summed E-state index contributed by atoms with van der Waals surface area (Å²) in [6.07, 6.45) is 4.66. The molecule has 1 N–H and O–H groups in total. The van der Waals surface area contributed by atoms with Crippen LogP contribution in [-0.2, 0) is 6.42 Å². The van der Waals surface area contributed by atoms with Crippen molar-refractivity contribution in [1.29, 1.82) is 0 Å². The molecule has 0 bridgehead atoms. The van der Waals surface area contributed by atoms with Gasteiger partial charge >= 0.3 is 0 Å². The van der Waals surface area contributed by atoms with E-state index >= 15 is 0 Å². The average molecular weight is 369 g/mol. The van der Waals surface area contributed by atoms with Crippen LogP contribution in [0.15, 0.2) is 47.7 Å². The summed E-state index contributed by atoms with van der Waals surface area (Å²) >= 11 is 0. The summed E-state index contributed by atoms with van der Waals surface area (Å²) in [5.41, 5.74) is 3.59. The van der Waals surface area contributed by atoms with Gasteiger partial charge in [-0.15, -0.1) is 0 Å². The summed E-state index contributed by atoms with van der Waals surface area (Å²) < 4.78 is 13.1. The van der Waals surface area contributed by atoms with Crippen molar-refractivity contribution in [2.45, 2.75) is 20.3 Å². The molecule has 0 radical (unpaired) electrons. The van der Waals surface area contributed by atoms with E-state index in [1.807, 2.05) is 24.5 Å². The number of pyridine rings is 1. The second kappa shape index (κ2) is 9.35. The summed E-state index contributed by atoms with van der Waals surface area (Å²) in [6.45, 7) is 9.40. The van der Waals surface area contributed by atoms with Crippen molar-refractivity contribution in [2.75, 3.05) is 44.2 Å². The Balaban J connectivity index is 1.57. The van der Waals surface area contributed by atoms with Crippen molar-refractivity contribution in [1.82, 2.24) is 15.2 Å². The fourth-order valence-corrected chi connectivity index (χ4v) is 3.32. The molecule has 1 aliphatic rings. The highest BCUT2D eigenvalue weighted by Gasteiger charge is 2.19. The Kier molecular flexibility index (Phi) is 6.63. The van der Waals surface area contributed by atoms with Gasteiger partial charge in [0.25, 0.3) is 0 Å². The Bertz CT molecular complexity index is 751. The second-order valence-corrected chi connectivity index (χ2v) is 6.74. The Morgan fingerprint density at radius 1 is 1.15 bits per heavy atom. The number of anilines is 1. The molecule has 1 saturated heterocycles. The van der Waals surface area contributed by atoms with Crippen LogP contribution >= 0.6 is 0 Å². The molecule has 2 heterocycles. The van der Waals surface area contributed by atoms with Crippen LogP contribution in [0.4, 0.5) is 10.1 Å². The largest absolute Gasteiger partial charge is 0.368 e. The number of nitrogens with zero attached hydrogens (tertiary/aromatic N) is 4. The van der Waals surface area contributed by atoms with Gasteiger partial charge in [-0.1, -0.05) is 0 Å². The van der Waals surface area contributed by atoms with Crippen molar-refractivity contribution in [3.63, 3.8) is 0 Å². The molecule has 0 atom stereocenters. The van der Waals surface area contributed by atoms with Crippen LogP contribution in [0.5, 0.6) is 0 Å². The lowest BCUT2D eigenvalue weighted by molar-refractivity contribution is 0.372. The number of aromatic nitrogens is 1. The number of benzene rings is 1. The monoisotopic (exact) mass is 369 g/mol. The Labute approximate surface area is 160 Å². The predicted octanol–water partition coefficient (Wildman–Crippen LogP) is 2.86. The van der Waals surface area contributed by atoms with Crippen LogP contribution in [0.25, 0.3) is 0 Å². The van der Waals surface area contributed by atoms with Crippen molar-refractivity contribution < 1.29 is 4.39 Å². The third-order valence-corrected chi connectivity index (χ3v) is 4.89. The minimum Gasteiger partial charge on any atom is -0.368 e. The van der Waals surface area contributed by atoms with Crippen LogP contribution in [0, 0.1) is 12.7 Å². The zero-order valence-corrected chi connectivity index (χ0v) is 16.2. The molecular formula is C21H28FN5. The molecule has 27 heavy (non-hydrogen) atoms. The summed E-state index contributed by atoms with van der Waals surface area (Å²) in [5.74, 6) is 0.784. The number of rotatable bonds is 5. The fourth-order valence-electron chi connectivity index (χ4n) is 3.32. The molecule has 1 fully saturated rings. The highest BCUT2D eigenvalue weighted by Crippen LogP contribution is 2.17. The van der Waals surface area contributed by atoms with E-state index in [2.05, 4.69) is 40.0 Å². The maximum Gasteiger partial charge on any atom is 0.194 e. The van der Waals surface area contributed by atoms with E-state index < -0.39 is 0 Å². The number of halogens is 1. The molecule has 2 aromatic rings. The van der Waals surface area contributed by atoms with Gasteiger partial charge in [-0.2, -0.15) is 0 Å². The minimum atomic E-state index is -0.191. The second-order valence-electron chi connectivity index (χ2n) is 6.74. The fraction of sp³-hybridized carbons (Fsp3) is 0.429. The molecule has 1 aromatic carbocycles. The number of nitrogens with one attached hydrogen (secondary N) is 1. The smallest absolute Gasteiger partial charge is 0.194 e. The SMILES string of the molecule is CCNC(=NCCc1ccncc1C)N1CCN(c2ccc(F)cc2)CC1. The summed E-state index contributed by atoms with van der Waals surface area (Å²) in [7, 11) is 0. The topological polar surface area (TPSA) is 43.8 Å². The summed E-state index contributed by atoms with van der Waals surface area (Å²) in [5, 5.41) is 3.41. The molecule has 0 spiro atoms. The van der Waals surface area contributed by atoms with Gasteiger partial charge < -0.3 is 15.1 Å². The van der Waals surface area contributed by atoms with E-state index in [1.54, 1.807) is 0 Å². The van der Waals surface area contributed by atoms with E-state index in [9.17, 15) is 4.39 Å². The van der Waals surface area contributed by atoms with Crippen molar-refractivity contribution in [2.24, 2.45) is 4.99 Å². The third kappa shape index (κ3) is 5.18. The van der Waals surface area contributed by atoms with E-state index in [0.29, 0.717) is 0 Å². The predicted molar refractivity (Wildman–Crippen MR) is 109 cm³/mol. The zero-order chi connectivity index (χ0) is 19.1. The maximum atomic E-state index is 13.1. The molecular weight excluding hydrogens is 341 g/mol. The van der Waals surface area contributed by atoms with Gasteiger partial charge in [0, 0.05) is 57.3 Å². The number of aryl methyl sites for hydroxylation is 1. The van der Waals surface area contributed by atoms with E-state index in [4.69, 9.17) is 4.99 Å². The first-order valence-corrected chi connectivity index (χ1v) is 9.60. The summed E-state index contributed by atoms with van der Waals surface area (Å²) in [6, 6.07) is 8.81. The normalized spacial score (nSPS) is 15.1. The van der Waals surface area contributed by atoms with Crippen LogP contribution in [-0.4, -0.2) is 55.1 Å². The van der Waals surface area contributed by atoms with Crippen LogP contribution in [0.2, 0.25) is 0 Å². The van der Waals surface area contributed by atoms with Gasteiger partial charge in [0.1, 0.15) is 5.82 Å². The van der Waals surface area contributed by atoms with E-state index in [1.165, 1.54) is 23.3 Å². The van der Waals surface area contributed by atoms with Gasteiger partial charge in [0.2, 0.25) is 0 Å². The molecule has 144 valence electrons. The molecule has 1 aliphatic heterocycles. The van der Waals surface area contributed by atoms with Crippen molar-refractivity contribution in [3.8, 4) is 0 Å². The van der Waals surface area contributed by atoms with Gasteiger partial charge in [0.05, 0.1) is 0 Å². The number of aliphatic imine (C=N–C) groups is 1. The van der Waals surface area contributed by atoms with Gasteiger partial charge in [-0.05, 0) is 61.7 Å². The first-order valence-electron chi connectivity index (χ1n) is 9.60. The van der Waals surface area contributed by atoms with Crippen LogP contribution in [0.3, 0.4) is 0 Å². The lowest BCUT2D eigenvalue weighted by Gasteiger charge is -2.37. The number of hydrogen-bond donors (Lipinski definition) is 1. The molecule has 5 nitrogen and oxygen atoms in total. The molecule has 6 heteroatoms. The van der Waals surface area contributed by atoms with Gasteiger partial charge in [0.15, 0.2) is 5.96 Å². The van der Waals surface area contributed by atoms with E-state index in [-0.39, 0.29) is 5.82 Å². The molecule has 0 saturated carbocycles. The lowest BCUT2D eigenvalue weighted by Crippen LogP contribution is -2.52. The van der Waals surface area contributed by atoms with Gasteiger partial charge in [-0.3, -0.25) is 9.98 Å².